The lowest BCUT2D eigenvalue weighted by molar-refractivity contribution is -0.137. The number of fused-ring (bicyclic) bond motifs is 1. The second-order valence-electron chi connectivity index (χ2n) is 5.69. The summed E-state index contributed by atoms with van der Waals surface area (Å²) in [6.07, 6.45) is -4.35. The standard InChI is InChI=1S/C20H13F3N2/c21-20(22,23)15-10-12-16(13-11-15)25-19(14-6-2-1-3-7-14)17-8-4-5-9-18(17)24-25/h1-13H. The van der Waals surface area contributed by atoms with Gasteiger partial charge in [0.2, 0.25) is 0 Å². The smallest absolute Gasteiger partial charge is 0.232 e. The van der Waals surface area contributed by atoms with Gasteiger partial charge in [0, 0.05) is 10.9 Å². The highest BCUT2D eigenvalue weighted by Crippen LogP contribution is 2.33. The van der Waals surface area contributed by atoms with Crippen molar-refractivity contribution in [3.8, 4) is 16.9 Å². The summed E-state index contributed by atoms with van der Waals surface area (Å²) in [7, 11) is 0. The molecule has 0 bridgehead atoms. The lowest BCUT2D eigenvalue weighted by Crippen LogP contribution is -2.05. The van der Waals surface area contributed by atoms with Gasteiger partial charge in [0.05, 0.1) is 22.5 Å². The highest BCUT2D eigenvalue weighted by Gasteiger charge is 2.30. The molecule has 3 aromatic carbocycles. The van der Waals surface area contributed by atoms with E-state index in [1.165, 1.54) is 12.1 Å². The van der Waals surface area contributed by atoms with Crippen LogP contribution in [0.1, 0.15) is 5.56 Å². The number of alkyl halides is 3. The monoisotopic (exact) mass is 338 g/mol. The van der Waals surface area contributed by atoms with E-state index in [0.717, 1.165) is 34.3 Å². The van der Waals surface area contributed by atoms with Gasteiger partial charge in [-0.05, 0) is 30.3 Å². The summed E-state index contributed by atoms with van der Waals surface area (Å²) in [5.41, 5.74) is 2.52. The molecule has 0 radical (unpaired) electrons. The highest BCUT2D eigenvalue weighted by atomic mass is 19.4. The second-order valence-corrected chi connectivity index (χ2v) is 5.69. The molecule has 1 heterocycles. The van der Waals surface area contributed by atoms with E-state index in [9.17, 15) is 13.2 Å². The largest absolute Gasteiger partial charge is 0.416 e. The number of aromatic nitrogens is 2. The van der Waals surface area contributed by atoms with Gasteiger partial charge in [-0.3, -0.25) is 0 Å². The molecule has 0 N–H and O–H groups in total. The molecule has 2 nitrogen and oxygen atoms in total. The SMILES string of the molecule is FC(F)(F)c1ccc(-n2nc3ccccc3c2-c2ccccc2)cc1. The minimum absolute atomic E-state index is 0.586. The molecule has 4 rings (SSSR count). The van der Waals surface area contributed by atoms with E-state index in [-0.39, 0.29) is 0 Å². The van der Waals surface area contributed by atoms with Crippen LogP contribution in [0.3, 0.4) is 0 Å². The quantitative estimate of drug-likeness (QED) is 0.458. The molecule has 0 atom stereocenters. The summed E-state index contributed by atoms with van der Waals surface area (Å²) < 4.78 is 40.1. The van der Waals surface area contributed by atoms with Crippen LogP contribution in [-0.2, 0) is 6.18 Å². The van der Waals surface area contributed by atoms with E-state index < -0.39 is 11.7 Å². The molecule has 0 unspecified atom stereocenters. The van der Waals surface area contributed by atoms with Gasteiger partial charge in [-0.15, -0.1) is 0 Å². The van der Waals surface area contributed by atoms with Crippen LogP contribution in [0.25, 0.3) is 27.8 Å². The van der Waals surface area contributed by atoms with Gasteiger partial charge >= 0.3 is 6.18 Å². The Balaban J connectivity index is 1.93. The Labute approximate surface area is 142 Å². The van der Waals surface area contributed by atoms with Crippen LogP contribution in [0.15, 0.2) is 78.9 Å². The zero-order valence-electron chi connectivity index (χ0n) is 13.0. The van der Waals surface area contributed by atoms with Crippen molar-refractivity contribution in [2.24, 2.45) is 0 Å². The third-order valence-electron chi connectivity index (χ3n) is 4.07. The molecule has 25 heavy (non-hydrogen) atoms. The molecule has 0 saturated carbocycles. The molecule has 5 heteroatoms. The lowest BCUT2D eigenvalue weighted by atomic mass is 10.1. The Bertz CT molecular complexity index is 1020. The number of halogens is 3. The molecular formula is C20H13F3N2. The van der Waals surface area contributed by atoms with Gasteiger partial charge in [0.15, 0.2) is 0 Å². The normalized spacial score (nSPS) is 11.8. The molecule has 1 aromatic heterocycles. The van der Waals surface area contributed by atoms with Crippen molar-refractivity contribution in [1.82, 2.24) is 9.78 Å². The number of hydrogen-bond acceptors (Lipinski definition) is 1. The van der Waals surface area contributed by atoms with E-state index in [0.29, 0.717) is 5.69 Å². The third-order valence-corrected chi connectivity index (χ3v) is 4.07. The van der Waals surface area contributed by atoms with Crippen LogP contribution in [0.5, 0.6) is 0 Å². The molecule has 0 aliphatic carbocycles. The maximum Gasteiger partial charge on any atom is 0.416 e. The van der Waals surface area contributed by atoms with Gasteiger partial charge in [-0.25, -0.2) is 4.68 Å². The summed E-state index contributed by atoms with van der Waals surface area (Å²) in [5.74, 6) is 0. The van der Waals surface area contributed by atoms with Crippen LogP contribution in [0.4, 0.5) is 13.2 Å². The maximum atomic E-state index is 12.8. The minimum atomic E-state index is -4.35. The van der Waals surface area contributed by atoms with Crippen LogP contribution in [0.2, 0.25) is 0 Å². The molecular weight excluding hydrogens is 325 g/mol. The summed E-state index contributed by atoms with van der Waals surface area (Å²) in [6, 6.07) is 22.4. The Hall–Kier alpha value is -3.08. The first-order valence-corrected chi connectivity index (χ1v) is 7.75. The van der Waals surface area contributed by atoms with Crippen LogP contribution < -0.4 is 0 Å². The van der Waals surface area contributed by atoms with Crippen molar-refractivity contribution in [3.05, 3.63) is 84.4 Å². The predicted octanol–water partition coefficient (Wildman–Crippen LogP) is 5.71. The third kappa shape index (κ3) is 2.78. The van der Waals surface area contributed by atoms with Crippen molar-refractivity contribution in [2.75, 3.05) is 0 Å². The number of rotatable bonds is 2. The van der Waals surface area contributed by atoms with Gasteiger partial charge in [0.25, 0.3) is 0 Å². The molecule has 0 aliphatic heterocycles. The van der Waals surface area contributed by atoms with Crippen molar-refractivity contribution >= 4 is 10.9 Å². The zero-order chi connectivity index (χ0) is 17.4. The van der Waals surface area contributed by atoms with Crippen LogP contribution in [-0.4, -0.2) is 9.78 Å². The van der Waals surface area contributed by atoms with Crippen molar-refractivity contribution in [1.29, 1.82) is 0 Å². The Morgan fingerprint density at radius 1 is 0.720 bits per heavy atom. The maximum absolute atomic E-state index is 12.8. The number of hydrogen-bond donors (Lipinski definition) is 0. The van der Waals surface area contributed by atoms with Crippen molar-refractivity contribution < 1.29 is 13.2 Å². The van der Waals surface area contributed by atoms with Gasteiger partial charge in [-0.1, -0.05) is 48.5 Å². The minimum Gasteiger partial charge on any atom is -0.232 e. The Morgan fingerprint density at radius 2 is 1.36 bits per heavy atom. The average Bonchev–Trinajstić information content (AvgIpc) is 3.01. The molecule has 0 spiro atoms. The molecule has 0 saturated heterocycles. The van der Waals surface area contributed by atoms with Crippen LogP contribution >= 0.6 is 0 Å². The number of benzene rings is 3. The average molecular weight is 338 g/mol. The summed E-state index contributed by atoms with van der Waals surface area (Å²) >= 11 is 0. The molecule has 4 aromatic rings. The molecule has 124 valence electrons. The van der Waals surface area contributed by atoms with E-state index in [1.54, 1.807) is 4.68 Å². The van der Waals surface area contributed by atoms with E-state index in [4.69, 9.17) is 0 Å². The highest BCUT2D eigenvalue weighted by molar-refractivity contribution is 5.94. The molecule has 0 amide bonds. The number of nitrogens with zero attached hydrogens (tertiary/aromatic N) is 2. The van der Waals surface area contributed by atoms with Crippen molar-refractivity contribution in [3.63, 3.8) is 0 Å². The van der Waals surface area contributed by atoms with E-state index in [2.05, 4.69) is 5.10 Å². The topological polar surface area (TPSA) is 17.8 Å². The first-order valence-electron chi connectivity index (χ1n) is 7.75. The lowest BCUT2D eigenvalue weighted by Gasteiger charge is -2.10. The summed E-state index contributed by atoms with van der Waals surface area (Å²) in [4.78, 5) is 0. The molecule has 0 fully saturated rings. The Kier molecular flexibility index (Phi) is 3.57. The first-order chi connectivity index (χ1) is 12.0. The fraction of sp³-hybridized carbons (Fsp3) is 0.0500. The van der Waals surface area contributed by atoms with E-state index >= 15 is 0 Å². The fourth-order valence-corrected chi connectivity index (χ4v) is 2.89. The summed E-state index contributed by atoms with van der Waals surface area (Å²) in [5, 5.41) is 5.54. The molecule has 0 aliphatic rings. The van der Waals surface area contributed by atoms with Gasteiger partial charge < -0.3 is 0 Å². The van der Waals surface area contributed by atoms with Crippen molar-refractivity contribution in [2.45, 2.75) is 6.18 Å². The fourth-order valence-electron chi connectivity index (χ4n) is 2.89. The summed E-state index contributed by atoms with van der Waals surface area (Å²) in [6.45, 7) is 0. The second kappa shape index (κ2) is 5.77. The van der Waals surface area contributed by atoms with E-state index in [1.807, 2.05) is 54.6 Å². The van der Waals surface area contributed by atoms with Gasteiger partial charge in [-0.2, -0.15) is 18.3 Å². The Morgan fingerprint density at radius 3 is 2.04 bits per heavy atom. The van der Waals surface area contributed by atoms with Gasteiger partial charge in [0.1, 0.15) is 0 Å². The van der Waals surface area contributed by atoms with Crippen LogP contribution in [0, 0.1) is 0 Å². The first kappa shape index (κ1) is 15.4. The zero-order valence-corrected chi connectivity index (χ0v) is 13.0. The predicted molar refractivity (Wildman–Crippen MR) is 91.5 cm³/mol.